The minimum atomic E-state index is -1.35. The molecule has 2 heterocycles. The molecule has 2 amide bonds. The molecule has 0 radical (unpaired) electrons. The summed E-state index contributed by atoms with van der Waals surface area (Å²) in [5.41, 5.74) is -0.958. The van der Waals surface area contributed by atoms with E-state index in [1.807, 2.05) is 0 Å². The van der Waals surface area contributed by atoms with Gasteiger partial charge in [0.2, 0.25) is 0 Å². The van der Waals surface area contributed by atoms with E-state index >= 15 is 0 Å². The van der Waals surface area contributed by atoms with E-state index in [1.165, 1.54) is 11.8 Å². The van der Waals surface area contributed by atoms with Crippen molar-refractivity contribution in [2.24, 2.45) is 0 Å². The maximum atomic E-state index is 12.9. The summed E-state index contributed by atoms with van der Waals surface area (Å²) in [6.45, 7) is 4.15. The van der Waals surface area contributed by atoms with Gasteiger partial charge in [-0.05, 0) is 20.8 Å². The molecule has 1 unspecified atom stereocenters. The van der Waals surface area contributed by atoms with E-state index in [1.54, 1.807) is 20.8 Å². The summed E-state index contributed by atoms with van der Waals surface area (Å²) in [6, 6.07) is -0.865. The van der Waals surface area contributed by atoms with Gasteiger partial charge in [0.25, 0.3) is 5.91 Å². The van der Waals surface area contributed by atoms with Crippen molar-refractivity contribution in [3.63, 3.8) is 0 Å². The van der Waals surface area contributed by atoms with E-state index < -0.39 is 41.7 Å². The van der Waals surface area contributed by atoms with Gasteiger partial charge in [0, 0.05) is 11.3 Å². The number of carbonyl (C=O) groups excluding carboxylic acids is 2. The Morgan fingerprint density at radius 3 is 2.64 bits per heavy atom. The van der Waals surface area contributed by atoms with Crippen molar-refractivity contribution in [2.45, 2.75) is 37.8 Å². The number of fused-ring (bicyclic) bond motifs is 1. The average Bonchev–Trinajstić information content (AvgIpc) is 2.40. The normalized spacial score (nSPS) is 24.5. The van der Waals surface area contributed by atoms with Gasteiger partial charge in [0.1, 0.15) is 29.4 Å². The van der Waals surface area contributed by atoms with E-state index in [9.17, 15) is 18.8 Å². The van der Waals surface area contributed by atoms with Crippen LogP contribution in [0.25, 0.3) is 0 Å². The van der Waals surface area contributed by atoms with Crippen LogP contribution in [-0.4, -0.2) is 57.4 Å². The Morgan fingerprint density at radius 2 is 2.14 bits per heavy atom. The molecule has 0 spiro atoms. The highest BCUT2D eigenvalue weighted by atomic mass is 32.2. The Kier molecular flexibility index (Phi) is 4.37. The Balaban J connectivity index is 2.10. The average molecular weight is 332 g/mol. The Labute approximate surface area is 130 Å². The molecule has 0 aromatic carbocycles. The summed E-state index contributed by atoms with van der Waals surface area (Å²) in [6.07, 6.45) is -0.747. The maximum Gasteiger partial charge on any atom is 0.408 e. The van der Waals surface area contributed by atoms with Crippen molar-refractivity contribution >= 4 is 29.7 Å². The Morgan fingerprint density at radius 1 is 1.50 bits per heavy atom. The van der Waals surface area contributed by atoms with E-state index in [0.29, 0.717) is 0 Å². The summed E-state index contributed by atoms with van der Waals surface area (Å²) in [7, 11) is 0. The predicted molar refractivity (Wildman–Crippen MR) is 76.9 cm³/mol. The molecule has 0 aromatic heterocycles. The minimum Gasteiger partial charge on any atom is -0.477 e. The number of rotatable bonds is 3. The number of carboxylic acid groups (broad SMARTS) is 1. The third-order valence-corrected chi connectivity index (χ3v) is 4.42. The Bertz CT molecular complexity index is 557. The van der Waals surface area contributed by atoms with Crippen LogP contribution in [0.1, 0.15) is 20.8 Å². The first-order chi connectivity index (χ1) is 10.2. The molecule has 0 saturated carbocycles. The second-order valence-electron chi connectivity index (χ2n) is 5.92. The number of carbonyl (C=O) groups is 3. The molecule has 2 rings (SSSR count). The number of carboxylic acids is 1. The molecule has 9 heteroatoms. The van der Waals surface area contributed by atoms with E-state index in [4.69, 9.17) is 9.84 Å². The SMILES string of the molecule is CC(C)(C)OC(=O)NC1C(=O)N2C(C(=O)O)=C(CF)CS[C@@H]12. The molecule has 1 fully saturated rings. The number of hydrogen-bond acceptors (Lipinski definition) is 5. The number of ether oxygens (including phenoxy) is 1. The largest absolute Gasteiger partial charge is 0.477 e. The standard InChI is InChI=1S/C13H17FN2O5S/c1-13(2,3)21-12(20)15-7-9(17)16-8(11(18)19)6(4-14)5-22-10(7)16/h7,10H,4-5H2,1-3H3,(H,15,20)(H,18,19)/t7?,10-/m0/s1. The lowest BCUT2D eigenvalue weighted by atomic mass is 10.0. The zero-order valence-electron chi connectivity index (χ0n) is 12.4. The molecule has 2 atom stereocenters. The lowest BCUT2D eigenvalue weighted by Gasteiger charge is -2.49. The zero-order valence-corrected chi connectivity index (χ0v) is 13.2. The van der Waals surface area contributed by atoms with E-state index in [0.717, 1.165) is 4.90 Å². The van der Waals surface area contributed by atoms with Crippen molar-refractivity contribution in [1.29, 1.82) is 0 Å². The molecule has 2 N–H and O–H groups in total. The van der Waals surface area contributed by atoms with E-state index in [2.05, 4.69) is 5.32 Å². The van der Waals surface area contributed by atoms with Gasteiger partial charge in [-0.2, -0.15) is 0 Å². The molecule has 7 nitrogen and oxygen atoms in total. The Hall–Kier alpha value is -1.77. The van der Waals surface area contributed by atoms with Gasteiger partial charge in [-0.25, -0.2) is 14.0 Å². The molecule has 0 aliphatic carbocycles. The summed E-state index contributed by atoms with van der Waals surface area (Å²) in [5.74, 6) is -1.76. The van der Waals surface area contributed by atoms with Crippen molar-refractivity contribution in [3.8, 4) is 0 Å². The molecular formula is C13H17FN2O5S. The highest BCUT2D eigenvalue weighted by molar-refractivity contribution is 8.00. The number of thioether (sulfide) groups is 1. The number of hydrogen-bond donors (Lipinski definition) is 2. The van der Waals surface area contributed by atoms with Gasteiger partial charge in [-0.15, -0.1) is 11.8 Å². The van der Waals surface area contributed by atoms with Crippen LogP contribution < -0.4 is 5.32 Å². The quantitative estimate of drug-likeness (QED) is 0.752. The highest BCUT2D eigenvalue weighted by Crippen LogP contribution is 2.40. The summed E-state index contributed by atoms with van der Waals surface area (Å²) >= 11 is 1.21. The third kappa shape index (κ3) is 3.03. The van der Waals surface area contributed by atoms with Crippen LogP contribution in [-0.2, 0) is 14.3 Å². The molecule has 2 aliphatic rings. The molecule has 2 aliphatic heterocycles. The van der Waals surface area contributed by atoms with Crippen molar-refractivity contribution < 1.29 is 28.6 Å². The molecular weight excluding hydrogens is 315 g/mol. The molecule has 22 heavy (non-hydrogen) atoms. The summed E-state index contributed by atoms with van der Waals surface area (Å²) < 4.78 is 17.9. The predicted octanol–water partition coefficient (Wildman–Crippen LogP) is 1.10. The first-order valence-corrected chi connectivity index (χ1v) is 7.66. The zero-order chi connectivity index (χ0) is 16.7. The fourth-order valence-electron chi connectivity index (χ4n) is 2.22. The van der Waals surface area contributed by atoms with Crippen LogP contribution in [0.3, 0.4) is 0 Å². The van der Waals surface area contributed by atoms with E-state index in [-0.39, 0.29) is 17.0 Å². The molecule has 122 valence electrons. The number of β-lactam (4-membered cyclic amide) rings is 1. The number of alkyl halides is 1. The van der Waals surface area contributed by atoms with Crippen LogP contribution in [0, 0.1) is 0 Å². The molecule has 0 bridgehead atoms. The molecule has 1 saturated heterocycles. The maximum absolute atomic E-state index is 12.9. The van der Waals surface area contributed by atoms with Crippen LogP contribution in [0.4, 0.5) is 9.18 Å². The van der Waals surface area contributed by atoms with Crippen LogP contribution >= 0.6 is 11.8 Å². The number of amides is 2. The van der Waals surface area contributed by atoms with Crippen molar-refractivity contribution in [1.82, 2.24) is 10.2 Å². The fraction of sp³-hybridized carbons (Fsp3) is 0.615. The topological polar surface area (TPSA) is 95.9 Å². The van der Waals surface area contributed by atoms with Crippen molar-refractivity contribution in [2.75, 3.05) is 12.4 Å². The van der Waals surface area contributed by atoms with Gasteiger partial charge in [0.15, 0.2) is 0 Å². The van der Waals surface area contributed by atoms with Crippen LogP contribution in [0.2, 0.25) is 0 Å². The van der Waals surface area contributed by atoms with Crippen molar-refractivity contribution in [3.05, 3.63) is 11.3 Å². The lowest BCUT2D eigenvalue weighted by Crippen LogP contribution is -2.70. The second kappa shape index (κ2) is 5.79. The van der Waals surface area contributed by atoms with Gasteiger partial charge < -0.3 is 15.2 Å². The van der Waals surface area contributed by atoms with Crippen LogP contribution in [0.5, 0.6) is 0 Å². The highest BCUT2D eigenvalue weighted by Gasteiger charge is 2.54. The number of alkyl carbamates (subject to hydrolysis) is 1. The molecule has 0 aromatic rings. The first-order valence-electron chi connectivity index (χ1n) is 6.61. The minimum absolute atomic E-state index is 0.0674. The smallest absolute Gasteiger partial charge is 0.408 e. The summed E-state index contributed by atoms with van der Waals surface area (Å²) in [4.78, 5) is 36.1. The number of aliphatic carboxylic acids is 1. The van der Waals surface area contributed by atoms with Gasteiger partial charge in [-0.3, -0.25) is 9.69 Å². The second-order valence-corrected chi connectivity index (χ2v) is 7.03. The summed E-state index contributed by atoms with van der Waals surface area (Å²) in [5, 5.41) is 11.0. The van der Waals surface area contributed by atoms with Gasteiger partial charge in [0.05, 0.1) is 0 Å². The lowest BCUT2D eigenvalue weighted by molar-refractivity contribution is -0.149. The van der Waals surface area contributed by atoms with Gasteiger partial charge >= 0.3 is 12.1 Å². The van der Waals surface area contributed by atoms with Crippen LogP contribution in [0.15, 0.2) is 11.3 Å². The van der Waals surface area contributed by atoms with Gasteiger partial charge in [-0.1, -0.05) is 0 Å². The fourth-order valence-corrected chi connectivity index (χ4v) is 3.54. The monoisotopic (exact) mass is 332 g/mol. The number of nitrogens with one attached hydrogen (secondary N) is 1. The first kappa shape index (κ1) is 16.6. The number of nitrogens with zero attached hydrogens (tertiary/aromatic N) is 1. The number of halogens is 1. The third-order valence-electron chi connectivity index (χ3n) is 3.08.